The summed E-state index contributed by atoms with van der Waals surface area (Å²) in [5.74, 6) is 0. The average Bonchev–Trinajstić information content (AvgIpc) is 3.17. The van der Waals surface area contributed by atoms with E-state index in [1.807, 2.05) is 0 Å². The van der Waals surface area contributed by atoms with Gasteiger partial charge in [-0.3, -0.25) is 0 Å². The van der Waals surface area contributed by atoms with Gasteiger partial charge in [0.25, 0.3) is 0 Å². The SMILES string of the molecule is FC(F)(F)c1c(-c2ccc(-c3ccccc3)cc2)c(-c2ccc(-c3ccccc3)cc2)c(C(F)(F)F)c(C(F)(F)F)c1-c1ccc(-c2ccccc2)cc1. The van der Waals surface area contributed by atoms with Crippen molar-refractivity contribution in [2.75, 3.05) is 0 Å². The molecule has 0 amide bonds. The molecule has 7 aromatic rings. The molecular weight excluding hydrogens is 711 g/mol. The molecule has 0 aliphatic carbocycles. The fourth-order valence-electron chi connectivity index (χ4n) is 6.85. The number of alkyl halides is 9. The Balaban J connectivity index is 1.61. The van der Waals surface area contributed by atoms with E-state index in [-0.39, 0.29) is 5.56 Å². The van der Waals surface area contributed by atoms with E-state index < -0.39 is 63.0 Å². The van der Waals surface area contributed by atoms with Gasteiger partial charge in [0.2, 0.25) is 0 Å². The van der Waals surface area contributed by atoms with E-state index in [9.17, 15) is 0 Å². The first-order valence-corrected chi connectivity index (χ1v) is 16.6. The van der Waals surface area contributed by atoms with Gasteiger partial charge >= 0.3 is 18.5 Å². The summed E-state index contributed by atoms with van der Waals surface area (Å²) in [4.78, 5) is 0. The Morgan fingerprint density at radius 3 is 0.685 bits per heavy atom. The zero-order valence-corrected chi connectivity index (χ0v) is 28.0. The normalized spacial score (nSPS) is 12.2. The van der Waals surface area contributed by atoms with Crippen molar-refractivity contribution in [2.24, 2.45) is 0 Å². The lowest BCUT2D eigenvalue weighted by Gasteiger charge is -2.30. The standard InChI is InChI=1S/C45H27F9/c46-43(47,48)40-37(34-22-16-31(17-23-34)28-10-4-1-5-11-28)38(35-24-18-32(19-25-35)29-12-6-2-7-13-29)41(44(49,50)51)42(45(52,53)54)39(40)36-26-20-33(21-27-36)30-14-8-3-9-15-30/h1-27H. The molecule has 0 atom stereocenters. The molecule has 7 aromatic carbocycles. The molecule has 0 aromatic heterocycles. The number of benzene rings is 7. The van der Waals surface area contributed by atoms with Crippen molar-refractivity contribution < 1.29 is 39.5 Å². The Bertz CT molecular complexity index is 2370. The van der Waals surface area contributed by atoms with Gasteiger partial charge < -0.3 is 0 Å². The molecule has 0 fully saturated rings. The van der Waals surface area contributed by atoms with Crippen LogP contribution in [0.1, 0.15) is 16.7 Å². The molecule has 0 aliphatic rings. The van der Waals surface area contributed by atoms with Crippen LogP contribution in [0.4, 0.5) is 39.5 Å². The molecule has 7 rings (SSSR count). The van der Waals surface area contributed by atoms with Crippen LogP contribution in [0.25, 0.3) is 66.8 Å². The molecule has 0 saturated carbocycles. The maximum absolute atomic E-state index is 15.7. The summed E-state index contributed by atoms with van der Waals surface area (Å²) in [6.07, 6.45) is -17.2. The molecule has 0 N–H and O–H groups in total. The smallest absolute Gasteiger partial charge is 0.166 e. The second kappa shape index (κ2) is 14.0. The fourth-order valence-corrected chi connectivity index (χ4v) is 6.85. The highest BCUT2D eigenvalue weighted by molar-refractivity contribution is 5.96. The van der Waals surface area contributed by atoms with Gasteiger partial charge in [0.15, 0.2) is 0 Å². The molecule has 0 unspecified atom stereocenters. The number of hydrogen-bond acceptors (Lipinski definition) is 0. The molecule has 0 aliphatic heterocycles. The zero-order chi connectivity index (χ0) is 38.3. The highest BCUT2D eigenvalue weighted by Crippen LogP contribution is 2.58. The van der Waals surface area contributed by atoms with Gasteiger partial charge in [-0.15, -0.1) is 0 Å². The molecule has 270 valence electrons. The van der Waals surface area contributed by atoms with Crippen molar-refractivity contribution in [3.63, 3.8) is 0 Å². The van der Waals surface area contributed by atoms with Gasteiger partial charge in [-0.25, -0.2) is 0 Å². The summed E-state index contributed by atoms with van der Waals surface area (Å²) in [7, 11) is 0. The van der Waals surface area contributed by atoms with E-state index in [4.69, 9.17) is 0 Å². The Morgan fingerprint density at radius 2 is 0.407 bits per heavy atom. The molecule has 0 bridgehead atoms. The molecule has 54 heavy (non-hydrogen) atoms. The predicted octanol–water partition coefficient (Wildman–Crippen LogP) is 14.7. The summed E-state index contributed by atoms with van der Waals surface area (Å²) in [6.45, 7) is 0. The molecular formula is C45H27F9. The fraction of sp³-hybridized carbons (Fsp3) is 0.0667. The van der Waals surface area contributed by atoms with Crippen LogP contribution < -0.4 is 0 Å². The average molecular weight is 739 g/mol. The second-order valence-corrected chi connectivity index (χ2v) is 12.6. The minimum Gasteiger partial charge on any atom is -0.166 e. The monoisotopic (exact) mass is 738 g/mol. The molecule has 9 heteroatoms. The van der Waals surface area contributed by atoms with E-state index >= 15 is 39.5 Å². The number of halogens is 9. The van der Waals surface area contributed by atoms with Crippen LogP contribution in [0.2, 0.25) is 0 Å². The Kier molecular flexibility index (Phi) is 9.43. The van der Waals surface area contributed by atoms with Crippen LogP contribution in [-0.4, -0.2) is 0 Å². The van der Waals surface area contributed by atoms with E-state index in [0.29, 0.717) is 33.4 Å². The van der Waals surface area contributed by atoms with Crippen LogP contribution in [0.15, 0.2) is 164 Å². The predicted molar refractivity (Wildman–Crippen MR) is 194 cm³/mol. The van der Waals surface area contributed by atoms with Crippen LogP contribution >= 0.6 is 0 Å². The highest BCUT2D eigenvalue weighted by Gasteiger charge is 2.52. The first-order chi connectivity index (χ1) is 25.7. The third-order valence-electron chi connectivity index (χ3n) is 9.19. The summed E-state index contributed by atoms with van der Waals surface area (Å²) in [5, 5.41) is 0. The van der Waals surface area contributed by atoms with Gasteiger partial charge in [0.1, 0.15) is 0 Å². The van der Waals surface area contributed by atoms with Crippen molar-refractivity contribution in [1.82, 2.24) is 0 Å². The largest absolute Gasteiger partial charge is 0.417 e. The third kappa shape index (κ3) is 7.14. The van der Waals surface area contributed by atoms with E-state index in [1.54, 1.807) is 91.0 Å². The summed E-state index contributed by atoms with van der Waals surface area (Å²) >= 11 is 0. The topological polar surface area (TPSA) is 0 Å². The zero-order valence-electron chi connectivity index (χ0n) is 28.0. The van der Waals surface area contributed by atoms with Gasteiger partial charge in [-0.05, 0) is 50.1 Å². The van der Waals surface area contributed by atoms with Crippen LogP contribution in [0.3, 0.4) is 0 Å². The summed E-state index contributed by atoms with van der Waals surface area (Å²) in [6, 6.07) is 40.8. The van der Waals surface area contributed by atoms with Gasteiger partial charge in [-0.2, -0.15) is 39.5 Å². The number of rotatable bonds is 6. The second-order valence-electron chi connectivity index (χ2n) is 12.6. The van der Waals surface area contributed by atoms with Crippen LogP contribution in [-0.2, 0) is 18.5 Å². The van der Waals surface area contributed by atoms with E-state index in [2.05, 4.69) is 0 Å². The minimum atomic E-state index is -5.87. The lowest BCUT2D eigenvalue weighted by molar-refractivity contribution is -0.162. The van der Waals surface area contributed by atoms with E-state index in [1.165, 1.54) is 48.5 Å². The minimum absolute atomic E-state index is 0.342. The van der Waals surface area contributed by atoms with Crippen molar-refractivity contribution in [3.05, 3.63) is 180 Å². The maximum atomic E-state index is 15.7. The first-order valence-electron chi connectivity index (χ1n) is 16.6. The lowest BCUT2D eigenvalue weighted by atomic mass is 9.78. The van der Waals surface area contributed by atoms with Gasteiger partial charge in [0.05, 0.1) is 16.7 Å². The first kappa shape index (κ1) is 36.3. The Hall–Kier alpha value is -6.09. The Morgan fingerprint density at radius 1 is 0.204 bits per heavy atom. The molecule has 0 radical (unpaired) electrons. The van der Waals surface area contributed by atoms with E-state index in [0.717, 1.165) is 24.3 Å². The van der Waals surface area contributed by atoms with Gasteiger partial charge in [-0.1, -0.05) is 164 Å². The van der Waals surface area contributed by atoms with Crippen LogP contribution in [0, 0.1) is 0 Å². The Labute approximate surface area is 304 Å². The van der Waals surface area contributed by atoms with Crippen molar-refractivity contribution in [1.29, 1.82) is 0 Å². The van der Waals surface area contributed by atoms with Crippen molar-refractivity contribution in [2.45, 2.75) is 18.5 Å². The maximum Gasteiger partial charge on any atom is 0.417 e. The third-order valence-corrected chi connectivity index (χ3v) is 9.19. The molecule has 0 heterocycles. The number of hydrogen-bond donors (Lipinski definition) is 0. The van der Waals surface area contributed by atoms with Crippen LogP contribution in [0.5, 0.6) is 0 Å². The lowest BCUT2D eigenvalue weighted by Crippen LogP contribution is -2.24. The van der Waals surface area contributed by atoms with Gasteiger partial charge in [0, 0.05) is 16.7 Å². The van der Waals surface area contributed by atoms with Crippen molar-refractivity contribution >= 4 is 0 Å². The molecule has 0 saturated heterocycles. The summed E-state index contributed by atoms with van der Waals surface area (Å²) in [5.41, 5.74) is -8.34. The molecule has 0 nitrogen and oxygen atoms in total. The molecule has 0 spiro atoms. The summed E-state index contributed by atoms with van der Waals surface area (Å²) < 4.78 is 140. The highest BCUT2D eigenvalue weighted by atomic mass is 19.4. The van der Waals surface area contributed by atoms with Crippen molar-refractivity contribution in [3.8, 4) is 66.8 Å². The quantitative estimate of drug-likeness (QED) is 0.149.